The van der Waals surface area contributed by atoms with Gasteiger partial charge in [0.2, 0.25) is 0 Å². The Hall–Kier alpha value is -3.61. The fourth-order valence-electron chi connectivity index (χ4n) is 2.55. The number of aryl methyl sites for hydroxylation is 1. The van der Waals surface area contributed by atoms with Crippen LogP contribution in [0.3, 0.4) is 0 Å². The summed E-state index contributed by atoms with van der Waals surface area (Å²) in [6.45, 7) is 1.91. The SMILES string of the molecule is COC(=O)C(NC(=O)c1cnc(-c2cccnc2)nc1)c1cccc(C)c1. The number of ether oxygens (including phenoxy) is 1. The average Bonchev–Trinajstić information content (AvgIpc) is 2.72. The van der Waals surface area contributed by atoms with Gasteiger partial charge < -0.3 is 10.1 Å². The molecule has 0 aliphatic carbocycles. The molecular formula is C20H18N4O3. The van der Waals surface area contributed by atoms with Crippen molar-refractivity contribution in [2.45, 2.75) is 13.0 Å². The van der Waals surface area contributed by atoms with Crippen molar-refractivity contribution in [2.24, 2.45) is 0 Å². The van der Waals surface area contributed by atoms with Crippen molar-refractivity contribution >= 4 is 11.9 Å². The van der Waals surface area contributed by atoms with Gasteiger partial charge in [0.1, 0.15) is 0 Å². The number of nitrogens with zero attached hydrogens (tertiary/aromatic N) is 3. The summed E-state index contributed by atoms with van der Waals surface area (Å²) >= 11 is 0. The topological polar surface area (TPSA) is 94.1 Å². The van der Waals surface area contributed by atoms with Gasteiger partial charge in [0.25, 0.3) is 5.91 Å². The maximum atomic E-state index is 12.6. The first-order chi connectivity index (χ1) is 13.1. The number of carbonyl (C=O) groups excluding carboxylic acids is 2. The summed E-state index contributed by atoms with van der Waals surface area (Å²) in [6, 6.07) is 10.00. The van der Waals surface area contributed by atoms with Crippen LogP contribution in [-0.4, -0.2) is 33.9 Å². The highest BCUT2D eigenvalue weighted by molar-refractivity contribution is 5.96. The van der Waals surface area contributed by atoms with Gasteiger partial charge in [0, 0.05) is 30.4 Å². The summed E-state index contributed by atoms with van der Waals surface area (Å²) in [6.07, 6.45) is 6.12. The Morgan fingerprint density at radius 2 is 1.85 bits per heavy atom. The Morgan fingerprint density at radius 3 is 2.48 bits per heavy atom. The van der Waals surface area contributed by atoms with Gasteiger partial charge in [-0.05, 0) is 24.6 Å². The van der Waals surface area contributed by atoms with E-state index in [0.717, 1.165) is 11.1 Å². The minimum atomic E-state index is -0.916. The standard InChI is InChI=1S/C20H18N4O3/c1-13-5-3-6-14(9-13)17(20(26)27-2)24-19(25)16-11-22-18(23-12-16)15-7-4-8-21-10-15/h3-12,17H,1-2H3,(H,24,25). The number of esters is 1. The molecule has 3 aromatic rings. The third kappa shape index (κ3) is 4.33. The van der Waals surface area contributed by atoms with Gasteiger partial charge in [-0.1, -0.05) is 29.8 Å². The maximum absolute atomic E-state index is 12.6. The Labute approximate surface area is 156 Å². The minimum absolute atomic E-state index is 0.240. The number of nitrogens with one attached hydrogen (secondary N) is 1. The lowest BCUT2D eigenvalue weighted by Crippen LogP contribution is -2.34. The molecule has 0 saturated heterocycles. The fraction of sp³-hybridized carbons (Fsp3) is 0.150. The molecule has 27 heavy (non-hydrogen) atoms. The van der Waals surface area contributed by atoms with E-state index in [2.05, 4.69) is 20.3 Å². The molecule has 1 aromatic carbocycles. The van der Waals surface area contributed by atoms with Gasteiger partial charge >= 0.3 is 5.97 Å². The molecule has 7 heteroatoms. The smallest absolute Gasteiger partial charge is 0.333 e. The van der Waals surface area contributed by atoms with Crippen molar-refractivity contribution in [2.75, 3.05) is 7.11 Å². The fourth-order valence-corrected chi connectivity index (χ4v) is 2.55. The molecule has 3 rings (SSSR count). The number of amides is 1. The van der Waals surface area contributed by atoms with E-state index in [9.17, 15) is 9.59 Å². The Bertz CT molecular complexity index is 943. The summed E-state index contributed by atoms with van der Waals surface area (Å²) in [4.78, 5) is 37.1. The zero-order valence-electron chi connectivity index (χ0n) is 14.9. The molecule has 0 bridgehead atoms. The molecule has 7 nitrogen and oxygen atoms in total. The lowest BCUT2D eigenvalue weighted by molar-refractivity contribution is -0.143. The average molecular weight is 362 g/mol. The first-order valence-electron chi connectivity index (χ1n) is 8.26. The van der Waals surface area contributed by atoms with E-state index < -0.39 is 17.9 Å². The summed E-state index contributed by atoms with van der Waals surface area (Å²) in [5.74, 6) is -0.561. The third-order valence-corrected chi connectivity index (χ3v) is 3.92. The molecule has 136 valence electrons. The Balaban J connectivity index is 1.80. The monoisotopic (exact) mass is 362 g/mol. The van der Waals surface area contributed by atoms with Crippen molar-refractivity contribution in [1.29, 1.82) is 0 Å². The normalized spacial score (nSPS) is 11.5. The van der Waals surface area contributed by atoms with Crippen LogP contribution in [0.25, 0.3) is 11.4 Å². The lowest BCUT2D eigenvalue weighted by atomic mass is 10.0. The number of aromatic nitrogens is 3. The number of benzene rings is 1. The molecule has 1 N–H and O–H groups in total. The van der Waals surface area contributed by atoms with Gasteiger partial charge in [-0.25, -0.2) is 14.8 Å². The van der Waals surface area contributed by atoms with Gasteiger partial charge in [-0.15, -0.1) is 0 Å². The second kappa shape index (κ2) is 8.18. The highest BCUT2D eigenvalue weighted by Gasteiger charge is 2.24. The first kappa shape index (κ1) is 18.2. The summed E-state index contributed by atoms with van der Waals surface area (Å²) in [7, 11) is 1.28. The molecule has 0 spiro atoms. The van der Waals surface area contributed by atoms with Crippen LogP contribution in [0.2, 0.25) is 0 Å². The Kier molecular flexibility index (Phi) is 5.51. The first-order valence-corrected chi connectivity index (χ1v) is 8.26. The van der Waals surface area contributed by atoms with E-state index in [0.29, 0.717) is 11.4 Å². The van der Waals surface area contributed by atoms with E-state index in [1.165, 1.54) is 19.5 Å². The Morgan fingerprint density at radius 1 is 1.07 bits per heavy atom. The molecular weight excluding hydrogens is 344 g/mol. The molecule has 0 fully saturated rings. The highest BCUT2D eigenvalue weighted by atomic mass is 16.5. The van der Waals surface area contributed by atoms with Crippen molar-refractivity contribution in [1.82, 2.24) is 20.3 Å². The molecule has 1 atom stereocenters. The van der Waals surface area contributed by atoms with Crippen LogP contribution in [-0.2, 0) is 9.53 Å². The van der Waals surface area contributed by atoms with Crippen LogP contribution in [0.5, 0.6) is 0 Å². The van der Waals surface area contributed by atoms with Crippen LogP contribution in [0.15, 0.2) is 61.2 Å². The quantitative estimate of drug-likeness (QED) is 0.701. The zero-order chi connectivity index (χ0) is 19.2. The summed E-state index contributed by atoms with van der Waals surface area (Å²) in [5.41, 5.74) is 2.60. The number of pyridine rings is 1. The van der Waals surface area contributed by atoms with Crippen molar-refractivity contribution in [3.05, 3.63) is 77.9 Å². The van der Waals surface area contributed by atoms with E-state index >= 15 is 0 Å². The van der Waals surface area contributed by atoms with E-state index in [1.807, 2.05) is 31.2 Å². The molecule has 1 amide bonds. The molecule has 0 saturated carbocycles. The summed E-state index contributed by atoms with van der Waals surface area (Å²) < 4.78 is 4.83. The van der Waals surface area contributed by atoms with Crippen LogP contribution >= 0.6 is 0 Å². The number of hydrogen-bond donors (Lipinski definition) is 1. The van der Waals surface area contributed by atoms with Crippen molar-refractivity contribution in [3.8, 4) is 11.4 Å². The molecule has 0 aliphatic heterocycles. The van der Waals surface area contributed by atoms with E-state index in [4.69, 9.17) is 4.74 Å². The van der Waals surface area contributed by atoms with Crippen LogP contribution in [0.4, 0.5) is 0 Å². The van der Waals surface area contributed by atoms with Gasteiger partial charge in [-0.2, -0.15) is 0 Å². The van der Waals surface area contributed by atoms with Crippen molar-refractivity contribution in [3.63, 3.8) is 0 Å². The number of methoxy groups -OCH3 is 1. The van der Waals surface area contributed by atoms with Crippen LogP contribution in [0, 0.1) is 6.92 Å². The third-order valence-electron chi connectivity index (χ3n) is 3.92. The molecule has 2 heterocycles. The predicted molar refractivity (Wildman–Crippen MR) is 98.7 cm³/mol. The van der Waals surface area contributed by atoms with Gasteiger partial charge in [0.15, 0.2) is 11.9 Å². The van der Waals surface area contributed by atoms with Crippen molar-refractivity contribution < 1.29 is 14.3 Å². The maximum Gasteiger partial charge on any atom is 0.333 e. The van der Waals surface area contributed by atoms with Crippen LogP contribution in [0.1, 0.15) is 27.5 Å². The van der Waals surface area contributed by atoms with E-state index in [1.54, 1.807) is 24.5 Å². The molecule has 0 aliphatic rings. The minimum Gasteiger partial charge on any atom is -0.467 e. The molecule has 0 radical (unpaired) electrons. The lowest BCUT2D eigenvalue weighted by Gasteiger charge is -2.17. The number of carbonyl (C=O) groups is 2. The largest absolute Gasteiger partial charge is 0.467 e. The van der Waals surface area contributed by atoms with Crippen LogP contribution < -0.4 is 5.32 Å². The van der Waals surface area contributed by atoms with E-state index in [-0.39, 0.29) is 5.56 Å². The second-order valence-electron chi connectivity index (χ2n) is 5.88. The van der Waals surface area contributed by atoms with Gasteiger partial charge in [0.05, 0.1) is 12.7 Å². The predicted octanol–water partition coefficient (Wildman–Crippen LogP) is 2.49. The number of hydrogen-bond acceptors (Lipinski definition) is 6. The zero-order valence-corrected chi connectivity index (χ0v) is 14.9. The molecule has 1 unspecified atom stereocenters. The van der Waals surface area contributed by atoms with Gasteiger partial charge in [-0.3, -0.25) is 9.78 Å². The highest BCUT2D eigenvalue weighted by Crippen LogP contribution is 2.17. The molecule has 2 aromatic heterocycles. The summed E-state index contributed by atoms with van der Waals surface area (Å²) in [5, 5.41) is 2.68. The number of rotatable bonds is 5. The second-order valence-corrected chi connectivity index (χ2v) is 5.88.